The van der Waals surface area contributed by atoms with Crippen LogP contribution in [0.15, 0.2) is 0 Å². The molecular formula is C14H27NO3. The molecule has 18 heavy (non-hydrogen) atoms. The van der Waals surface area contributed by atoms with Gasteiger partial charge in [0.15, 0.2) is 0 Å². The number of hydrogen-bond acceptors (Lipinski definition) is 4. The zero-order valence-electron chi connectivity index (χ0n) is 11.6. The molecule has 106 valence electrons. The van der Waals surface area contributed by atoms with E-state index in [0.29, 0.717) is 25.0 Å². The monoisotopic (exact) mass is 257 g/mol. The van der Waals surface area contributed by atoms with E-state index < -0.39 is 0 Å². The van der Waals surface area contributed by atoms with Crippen LogP contribution >= 0.6 is 0 Å². The van der Waals surface area contributed by atoms with Crippen LogP contribution in [0.5, 0.6) is 0 Å². The maximum absolute atomic E-state index is 11.5. The predicted molar refractivity (Wildman–Crippen MR) is 71.7 cm³/mol. The molecule has 0 amide bonds. The van der Waals surface area contributed by atoms with E-state index >= 15 is 0 Å². The number of carbonyl (C=O) groups excluding carboxylic acids is 2. The Balaban J connectivity index is 3.24. The third kappa shape index (κ3) is 11.6. The molecule has 0 fully saturated rings. The summed E-state index contributed by atoms with van der Waals surface area (Å²) in [6.45, 7) is 2.19. The van der Waals surface area contributed by atoms with Crippen molar-refractivity contribution in [2.24, 2.45) is 5.90 Å². The summed E-state index contributed by atoms with van der Waals surface area (Å²) in [6, 6.07) is 0. The van der Waals surface area contributed by atoms with Crippen molar-refractivity contribution in [1.82, 2.24) is 0 Å². The van der Waals surface area contributed by atoms with E-state index in [-0.39, 0.29) is 5.97 Å². The summed E-state index contributed by atoms with van der Waals surface area (Å²) in [7, 11) is 0. The quantitative estimate of drug-likeness (QED) is 0.430. The first-order valence-corrected chi connectivity index (χ1v) is 7.12. The van der Waals surface area contributed by atoms with Crippen LogP contribution in [0.4, 0.5) is 0 Å². The van der Waals surface area contributed by atoms with Crippen molar-refractivity contribution in [3.63, 3.8) is 0 Å². The highest BCUT2D eigenvalue weighted by Gasteiger charge is 2.03. The van der Waals surface area contributed by atoms with Crippen molar-refractivity contribution < 1.29 is 14.4 Å². The van der Waals surface area contributed by atoms with Crippen LogP contribution < -0.4 is 5.90 Å². The smallest absolute Gasteiger partial charge is 0.324 e. The SMILES string of the molecule is CCCCCCCC(=O)CCCCCC(=O)ON. The Morgan fingerprint density at radius 1 is 0.833 bits per heavy atom. The van der Waals surface area contributed by atoms with E-state index in [2.05, 4.69) is 11.8 Å². The van der Waals surface area contributed by atoms with Gasteiger partial charge in [0.05, 0.1) is 0 Å². The van der Waals surface area contributed by atoms with Crippen LogP contribution in [0.2, 0.25) is 0 Å². The zero-order valence-corrected chi connectivity index (χ0v) is 11.6. The molecule has 0 spiro atoms. The van der Waals surface area contributed by atoms with E-state index in [0.717, 1.165) is 25.7 Å². The van der Waals surface area contributed by atoms with Gasteiger partial charge < -0.3 is 4.84 Å². The third-order valence-corrected chi connectivity index (χ3v) is 3.03. The highest BCUT2D eigenvalue weighted by atomic mass is 16.7. The lowest BCUT2D eigenvalue weighted by atomic mass is 10.0. The summed E-state index contributed by atoms with van der Waals surface area (Å²) < 4.78 is 0. The van der Waals surface area contributed by atoms with Crippen molar-refractivity contribution in [3.05, 3.63) is 0 Å². The molecule has 0 aliphatic heterocycles. The summed E-state index contributed by atoms with van der Waals surface area (Å²) in [6.07, 6.45) is 10.2. The van der Waals surface area contributed by atoms with Gasteiger partial charge in [-0.3, -0.25) is 9.59 Å². The van der Waals surface area contributed by atoms with E-state index in [9.17, 15) is 9.59 Å². The van der Waals surface area contributed by atoms with Crippen molar-refractivity contribution in [1.29, 1.82) is 0 Å². The summed E-state index contributed by atoms with van der Waals surface area (Å²) in [5.74, 6) is 4.70. The second-order valence-electron chi connectivity index (χ2n) is 4.75. The fraction of sp³-hybridized carbons (Fsp3) is 0.857. The zero-order chi connectivity index (χ0) is 13.6. The number of hydrogen-bond donors (Lipinski definition) is 1. The number of nitrogens with two attached hydrogens (primary N) is 1. The van der Waals surface area contributed by atoms with Gasteiger partial charge in [-0.05, 0) is 19.3 Å². The molecule has 0 heterocycles. The van der Waals surface area contributed by atoms with Gasteiger partial charge in [-0.2, -0.15) is 5.90 Å². The lowest BCUT2D eigenvalue weighted by molar-refractivity contribution is -0.144. The van der Waals surface area contributed by atoms with Crippen LogP contribution in [-0.4, -0.2) is 11.8 Å². The average molecular weight is 257 g/mol. The van der Waals surface area contributed by atoms with Gasteiger partial charge in [0.2, 0.25) is 0 Å². The second-order valence-corrected chi connectivity index (χ2v) is 4.75. The second kappa shape index (κ2) is 12.6. The van der Waals surface area contributed by atoms with Crippen molar-refractivity contribution in [2.75, 3.05) is 0 Å². The van der Waals surface area contributed by atoms with Gasteiger partial charge in [0.1, 0.15) is 5.78 Å². The lowest BCUT2D eigenvalue weighted by Crippen LogP contribution is -2.09. The number of unbranched alkanes of at least 4 members (excludes halogenated alkanes) is 6. The minimum atomic E-state index is -0.378. The fourth-order valence-electron chi connectivity index (χ4n) is 1.88. The van der Waals surface area contributed by atoms with Crippen LogP contribution in [0.3, 0.4) is 0 Å². The summed E-state index contributed by atoms with van der Waals surface area (Å²) in [4.78, 5) is 26.3. The standard InChI is InChI=1S/C14H27NO3/c1-2-3-4-5-7-10-13(16)11-8-6-9-12-14(17)18-15/h2-12,15H2,1H3. The molecule has 0 unspecified atom stereocenters. The van der Waals surface area contributed by atoms with Gasteiger partial charge >= 0.3 is 5.97 Å². The minimum Gasteiger partial charge on any atom is -0.373 e. The minimum absolute atomic E-state index is 0.349. The summed E-state index contributed by atoms with van der Waals surface area (Å²) in [5, 5.41) is 0. The Morgan fingerprint density at radius 3 is 1.89 bits per heavy atom. The Morgan fingerprint density at radius 2 is 1.33 bits per heavy atom. The Kier molecular flexibility index (Phi) is 11.9. The summed E-state index contributed by atoms with van der Waals surface area (Å²) >= 11 is 0. The van der Waals surface area contributed by atoms with E-state index in [1.807, 2.05) is 0 Å². The Labute approximate surface area is 110 Å². The molecule has 0 saturated carbocycles. The van der Waals surface area contributed by atoms with E-state index in [4.69, 9.17) is 5.90 Å². The first-order valence-electron chi connectivity index (χ1n) is 7.12. The molecular weight excluding hydrogens is 230 g/mol. The Bertz CT molecular complexity index is 229. The molecule has 0 aromatic carbocycles. The van der Waals surface area contributed by atoms with Gasteiger partial charge in [0, 0.05) is 19.3 Å². The number of rotatable bonds is 12. The first-order chi connectivity index (χ1) is 8.70. The van der Waals surface area contributed by atoms with Crippen LogP contribution in [0.25, 0.3) is 0 Å². The van der Waals surface area contributed by atoms with Crippen molar-refractivity contribution in [2.45, 2.75) is 77.6 Å². The molecule has 4 nitrogen and oxygen atoms in total. The number of ketones is 1. The molecule has 0 aliphatic carbocycles. The molecule has 4 heteroatoms. The van der Waals surface area contributed by atoms with Crippen LogP contribution in [-0.2, 0) is 14.4 Å². The number of Topliss-reactive ketones (excluding diaryl/α,β-unsaturated/α-hetero) is 1. The number of carbonyl (C=O) groups is 2. The average Bonchev–Trinajstić information content (AvgIpc) is 2.37. The van der Waals surface area contributed by atoms with Gasteiger partial charge in [0.25, 0.3) is 0 Å². The molecule has 0 rings (SSSR count). The molecule has 0 saturated heterocycles. The largest absolute Gasteiger partial charge is 0.373 e. The normalized spacial score (nSPS) is 10.3. The highest BCUT2D eigenvalue weighted by Crippen LogP contribution is 2.09. The molecule has 0 bridgehead atoms. The fourth-order valence-corrected chi connectivity index (χ4v) is 1.88. The van der Waals surface area contributed by atoms with Gasteiger partial charge in [-0.25, -0.2) is 0 Å². The predicted octanol–water partition coefficient (Wildman–Crippen LogP) is 3.28. The van der Waals surface area contributed by atoms with Gasteiger partial charge in [-0.1, -0.05) is 39.0 Å². The maximum atomic E-state index is 11.5. The highest BCUT2D eigenvalue weighted by molar-refractivity contribution is 5.78. The van der Waals surface area contributed by atoms with E-state index in [1.165, 1.54) is 25.7 Å². The molecule has 2 N–H and O–H groups in total. The topological polar surface area (TPSA) is 69.4 Å². The van der Waals surface area contributed by atoms with Gasteiger partial charge in [-0.15, -0.1) is 0 Å². The Hall–Kier alpha value is -0.900. The molecule has 0 atom stereocenters. The third-order valence-electron chi connectivity index (χ3n) is 3.03. The maximum Gasteiger partial charge on any atom is 0.324 e. The van der Waals surface area contributed by atoms with E-state index in [1.54, 1.807) is 0 Å². The summed E-state index contributed by atoms with van der Waals surface area (Å²) in [5.41, 5.74) is 0. The molecule has 0 aromatic heterocycles. The molecule has 0 radical (unpaired) electrons. The molecule has 0 aromatic rings. The van der Waals surface area contributed by atoms with Crippen LogP contribution in [0, 0.1) is 0 Å². The van der Waals surface area contributed by atoms with Crippen LogP contribution in [0.1, 0.15) is 77.6 Å². The van der Waals surface area contributed by atoms with Crippen molar-refractivity contribution in [3.8, 4) is 0 Å². The molecule has 0 aliphatic rings. The van der Waals surface area contributed by atoms with Crippen molar-refractivity contribution >= 4 is 11.8 Å². The first kappa shape index (κ1) is 17.1. The lowest BCUT2D eigenvalue weighted by Gasteiger charge is -2.01.